The lowest BCUT2D eigenvalue weighted by Gasteiger charge is -2.00. The second-order valence-corrected chi connectivity index (χ2v) is 4.87. The van der Waals surface area contributed by atoms with E-state index in [2.05, 4.69) is 6.92 Å². The molecule has 0 aliphatic heterocycles. The topological polar surface area (TPSA) is 17.1 Å². The van der Waals surface area contributed by atoms with E-state index in [1.54, 1.807) is 11.8 Å². The molecule has 0 radical (unpaired) electrons. The highest BCUT2D eigenvalue weighted by Gasteiger charge is 1.91. The Morgan fingerprint density at radius 3 is 2.07 bits per heavy atom. The molecule has 0 saturated heterocycles. The van der Waals surface area contributed by atoms with E-state index < -0.39 is 0 Å². The van der Waals surface area contributed by atoms with Crippen molar-refractivity contribution in [2.24, 2.45) is 0 Å². The molecular formula is C12H24OS. The Labute approximate surface area is 93.0 Å². The average Bonchev–Trinajstić information content (AvgIpc) is 2.21. The molecule has 0 atom stereocenters. The molecule has 0 aromatic carbocycles. The molecule has 0 aromatic heterocycles. The van der Waals surface area contributed by atoms with E-state index in [-0.39, 0.29) is 0 Å². The quantitative estimate of drug-likeness (QED) is 0.383. The molecule has 0 fully saturated rings. The summed E-state index contributed by atoms with van der Waals surface area (Å²) in [5.74, 6) is 1.84. The average molecular weight is 216 g/mol. The third-order valence-electron chi connectivity index (χ3n) is 2.33. The largest absolute Gasteiger partial charge is 0.302 e. The van der Waals surface area contributed by atoms with Crippen molar-refractivity contribution >= 4 is 18.0 Å². The third kappa shape index (κ3) is 12.0. The van der Waals surface area contributed by atoms with Crippen molar-refractivity contribution in [3.05, 3.63) is 0 Å². The summed E-state index contributed by atoms with van der Waals surface area (Å²) in [4.78, 5) is 10.0. The number of aldehydes is 1. The standard InChI is InChI=1S/C12H24OS/c1-2-3-4-5-6-7-8-9-11-14-12-10-13/h10H,2-9,11-12H2,1H3. The van der Waals surface area contributed by atoms with Gasteiger partial charge in [-0.1, -0.05) is 51.9 Å². The van der Waals surface area contributed by atoms with Crippen LogP contribution < -0.4 is 0 Å². The van der Waals surface area contributed by atoms with Gasteiger partial charge in [0, 0.05) is 5.75 Å². The van der Waals surface area contributed by atoms with Gasteiger partial charge in [-0.05, 0) is 12.2 Å². The molecule has 0 aliphatic rings. The van der Waals surface area contributed by atoms with Gasteiger partial charge in [0.15, 0.2) is 0 Å². The van der Waals surface area contributed by atoms with E-state index in [1.165, 1.54) is 51.4 Å². The second kappa shape index (κ2) is 13.0. The Morgan fingerprint density at radius 2 is 1.50 bits per heavy atom. The zero-order valence-electron chi connectivity index (χ0n) is 9.46. The van der Waals surface area contributed by atoms with Crippen LogP contribution in [0, 0.1) is 0 Å². The van der Waals surface area contributed by atoms with Crippen molar-refractivity contribution < 1.29 is 4.79 Å². The SMILES string of the molecule is CCCCCCCCCCSCC=O. The Bertz CT molecular complexity index is 115. The number of thioether (sulfide) groups is 1. The van der Waals surface area contributed by atoms with Crippen LogP contribution in [0.2, 0.25) is 0 Å². The maximum Gasteiger partial charge on any atom is 0.129 e. The highest BCUT2D eigenvalue weighted by Crippen LogP contribution is 2.10. The highest BCUT2D eigenvalue weighted by atomic mass is 32.2. The van der Waals surface area contributed by atoms with Crippen molar-refractivity contribution in [3.8, 4) is 0 Å². The lowest BCUT2D eigenvalue weighted by Crippen LogP contribution is -1.85. The number of carbonyl (C=O) groups excluding carboxylic acids is 1. The van der Waals surface area contributed by atoms with E-state index in [9.17, 15) is 4.79 Å². The smallest absolute Gasteiger partial charge is 0.129 e. The zero-order valence-corrected chi connectivity index (χ0v) is 10.3. The normalized spacial score (nSPS) is 10.4. The number of carbonyl (C=O) groups is 1. The lowest BCUT2D eigenvalue weighted by molar-refractivity contribution is -0.105. The van der Waals surface area contributed by atoms with Crippen LogP contribution in [0.25, 0.3) is 0 Å². The van der Waals surface area contributed by atoms with Crippen LogP contribution in [0.5, 0.6) is 0 Å². The van der Waals surface area contributed by atoms with Crippen molar-refractivity contribution in [3.63, 3.8) is 0 Å². The molecule has 0 aliphatic carbocycles. The minimum atomic E-state index is 0.677. The molecule has 84 valence electrons. The van der Waals surface area contributed by atoms with E-state index in [4.69, 9.17) is 0 Å². The molecule has 0 aromatic rings. The first kappa shape index (κ1) is 14.0. The fraction of sp³-hybridized carbons (Fsp3) is 0.917. The summed E-state index contributed by atoms with van der Waals surface area (Å²) in [6, 6.07) is 0. The van der Waals surface area contributed by atoms with E-state index >= 15 is 0 Å². The summed E-state index contributed by atoms with van der Waals surface area (Å²) >= 11 is 1.76. The maximum atomic E-state index is 10.0. The minimum absolute atomic E-state index is 0.677. The van der Waals surface area contributed by atoms with Gasteiger partial charge < -0.3 is 4.79 Å². The summed E-state index contributed by atoms with van der Waals surface area (Å²) in [7, 11) is 0. The van der Waals surface area contributed by atoms with Crippen LogP contribution in [0.1, 0.15) is 58.3 Å². The van der Waals surface area contributed by atoms with Gasteiger partial charge in [-0.15, -0.1) is 0 Å². The second-order valence-electron chi connectivity index (χ2n) is 3.72. The number of hydrogen-bond acceptors (Lipinski definition) is 2. The monoisotopic (exact) mass is 216 g/mol. The van der Waals surface area contributed by atoms with Gasteiger partial charge in [0.25, 0.3) is 0 Å². The molecule has 0 spiro atoms. The summed E-state index contributed by atoms with van der Waals surface area (Å²) in [5.41, 5.74) is 0. The van der Waals surface area contributed by atoms with Gasteiger partial charge in [-0.3, -0.25) is 0 Å². The molecular weight excluding hydrogens is 192 g/mol. The Hall–Kier alpha value is 0.0200. The Balaban J connectivity index is 2.81. The first-order chi connectivity index (χ1) is 6.91. The van der Waals surface area contributed by atoms with Gasteiger partial charge in [-0.25, -0.2) is 0 Å². The van der Waals surface area contributed by atoms with Crippen LogP contribution in [-0.2, 0) is 4.79 Å². The van der Waals surface area contributed by atoms with Crippen LogP contribution in [0.4, 0.5) is 0 Å². The van der Waals surface area contributed by atoms with Crippen LogP contribution in [0.3, 0.4) is 0 Å². The van der Waals surface area contributed by atoms with Gasteiger partial charge in [0.05, 0.1) is 0 Å². The number of rotatable bonds is 11. The summed E-state index contributed by atoms with van der Waals surface area (Å²) in [5, 5.41) is 0. The summed E-state index contributed by atoms with van der Waals surface area (Å²) in [6.45, 7) is 2.25. The van der Waals surface area contributed by atoms with E-state index in [0.717, 1.165) is 12.0 Å². The van der Waals surface area contributed by atoms with Crippen LogP contribution >= 0.6 is 11.8 Å². The maximum absolute atomic E-state index is 10.0. The summed E-state index contributed by atoms with van der Waals surface area (Å²) in [6.07, 6.45) is 12.0. The zero-order chi connectivity index (χ0) is 10.5. The fourth-order valence-corrected chi connectivity index (χ4v) is 2.14. The van der Waals surface area contributed by atoms with Crippen molar-refractivity contribution in [1.82, 2.24) is 0 Å². The minimum Gasteiger partial charge on any atom is -0.302 e. The van der Waals surface area contributed by atoms with E-state index in [0.29, 0.717) is 5.75 Å². The van der Waals surface area contributed by atoms with Crippen LogP contribution in [-0.4, -0.2) is 17.8 Å². The van der Waals surface area contributed by atoms with Crippen molar-refractivity contribution in [1.29, 1.82) is 0 Å². The molecule has 0 heterocycles. The molecule has 14 heavy (non-hydrogen) atoms. The van der Waals surface area contributed by atoms with Gasteiger partial charge in [0.2, 0.25) is 0 Å². The molecule has 0 N–H and O–H groups in total. The van der Waals surface area contributed by atoms with Crippen LogP contribution in [0.15, 0.2) is 0 Å². The predicted molar refractivity (Wildman–Crippen MR) is 66.0 cm³/mol. The number of hydrogen-bond donors (Lipinski definition) is 0. The van der Waals surface area contributed by atoms with Crippen molar-refractivity contribution in [2.45, 2.75) is 58.3 Å². The lowest BCUT2D eigenvalue weighted by atomic mass is 10.1. The first-order valence-electron chi connectivity index (χ1n) is 5.93. The molecule has 0 bridgehead atoms. The molecule has 0 rings (SSSR count). The van der Waals surface area contributed by atoms with Gasteiger partial charge in [0.1, 0.15) is 6.29 Å². The van der Waals surface area contributed by atoms with E-state index in [1.807, 2.05) is 0 Å². The highest BCUT2D eigenvalue weighted by molar-refractivity contribution is 7.99. The molecule has 0 amide bonds. The summed E-state index contributed by atoms with van der Waals surface area (Å²) < 4.78 is 0. The fourth-order valence-electron chi connectivity index (χ4n) is 1.47. The first-order valence-corrected chi connectivity index (χ1v) is 7.08. The Kier molecular flexibility index (Phi) is 13.0. The molecule has 2 heteroatoms. The molecule has 1 nitrogen and oxygen atoms in total. The molecule has 0 saturated carbocycles. The van der Waals surface area contributed by atoms with Gasteiger partial charge >= 0.3 is 0 Å². The molecule has 0 unspecified atom stereocenters. The van der Waals surface area contributed by atoms with Gasteiger partial charge in [-0.2, -0.15) is 11.8 Å². The third-order valence-corrected chi connectivity index (χ3v) is 3.28. The predicted octanol–water partition coefficient (Wildman–Crippen LogP) is 4.06. The Morgan fingerprint density at radius 1 is 0.929 bits per heavy atom. The number of unbranched alkanes of at least 4 members (excludes halogenated alkanes) is 7. The van der Waals surface area contributed by atoms with Crippen molar-refractivity contribution in [2.75, 3.05) is 11.5 Å².